The molecule has 5 nitrogen and oxygen atoms in total. The van der Waals surface area contributed by atoms with Crippen molar-refractivity contribution in [3.8, 4) is 17.6 Å². The van der Waals surface area contributed by atoms with Crippen LogP contribution in [0.2, 0.25) is 0 Å². The van der Waals surface area contributed by atoms with Crippen LogP contribution in [0.1, 0.15) is 16.7 Å². The van der Waals surface area contributed by atoms with E-state index in [1.807, 2.05) is 12.1 Å². The van der Waals surface area contributed by atoms with Gasteiger partial charge in [0, 0.05) is 6.07 Å². The molecule has 0 atom stereocenters. The first-order chi connectivity index (χ1) is 9.92. The lowest BCUT2D eigenvalue weighted by Crippen LogP contribution is -1.97. The average molecular weight is 347 g/mol. The smallest absolute Gasteiger partial charge is 0.312 e. The highest BCUT2D eigenvalue weighted by molar-refractivity contribution is 9.10. The number of nitro groups is 1. The minimum absolute atomic E-state index is 0.0799. The van der Waals surface area contributed by atoms with E-state index >= 15 is 0 Å². The molecule has 0 bridgehead atoms. The second-order valence-electron chi connectivity index (χ2n) is 4.55. The van der Waals surface area contributed by atoms with Crippen molar-refractivity contribution in [3.63, 3.8) is 0 Å². The van der Waals surface area contributed by atoms with E-state index in [1.54, 1.807) is 32.0 Å². The van der Waals surface area contributed by atoms with Gasteiger partial charge >= 0.3 is 5.69 Å². The van der Waals surface area contributed by atoms with Crippen molar-refractivity contribution in [1.29, 1.82) is 5.26 Å². The van der Waals surface area contributed by atoms with Crippen molar-refractivity contribution in [2.75, 3.05) is 0 Å². The van der Waals surface area contributed by atoms with Crippen molar-refractivity contribution in [2.24, 2.45) is 0 Å². The van der Waals surface area contributed by atoms with Crippen LogP contribution in [0.15, 0.2) is 34.8 Å². The molecule has 2 aromatic carbocycles. The third-order valence-corrected chi connectivity index (χ3v) is 3.49. The molecule has 0 radical (unpaired) electrons. The van der Waals surface area contributed by atoms with Crippen LogP contribution in [0.3, 0.4) is 0 Å². The first-order valence-corrected chi connectivity index (χ1v) is 6.85. The standard InChI is InChI=1S/C15H11BrN2O3/c1-9-5-10(2)15(13(6-9)18(19)20)21-14-4-3-11(8-17)7-12(14)16/h3-7H,1-2H3. The number of nitro benzene ring substituents is 1. The molecular formula is C15H11BrN2O3. The lowest BCUT2D eigenvalue weighted by Gasteiger charge is -2.11. The summed E-state index contributed by atoms with van der Waals surface area (Å²) in [4.78, 5) is 10.7. The third-order valence-electron chi connectivity index (χ3n) is 2.87. The van der Waals surface area contributed by atoms with Crippen molar-refractivity contribution < 1.29 is 9.66 Å². The molecule has 0 amide bonds. The summed E-state index contributed by atoms with van der Waals surface area (Å²) in [6.45, 7) is 3.55. The maximum absolute atomic E-state index is 11.2. The summed E-state index contributed by atoms with van der Waals surface area (Å²) in [5.41, 5.74) is 1.87. The summed E-state index contributed by atoms with van der Waals surface area (Å²) in [5.74, 6) is 0.625. The molecule has 0 aliphatic carbocycles. The van der Waals surface area contributed by atoms with Crippen molar-refractivity contribution in [3.05, 3.63) is 61.6 Å². The average Bonchev–Trinajstić information content (AvgIpc) is 2.42. The number of ether oxygens (including phenoxy) is 1. The van der Waals surface area contributed by atoms with Gasteiger partial charge in [-0.3, -0.25) is 10.1 Å². The number of nitrogens with zero attached hydrogens (tertiary/aromatic N) is 2. The minimum atomic E-state index is -0.465. The quantitative estimate of drug-likeness (QED) is 0.599. The molecule has 21 heavy (non-hydrogen) atoms. The lowest BCUT2D eigenvalue weighted by molar-refractivity contribution is -0.385. The molecule has 2 rings (SSSR count). The SMILES string of the molecule is Cc1cc(C)c(Oc2ccc(C#N)cc2Br)c([N+](=O)[O-])c1. The normalized spacial score (nSPS) is 10.0. The van der Waals surface area contributed by atoms with Crippen LogP contribution in [-0.4, -0.2) is 4.92 Å². The Hall–Kier alpha value is -2.39. The van der Waals surface area contributed by atoms with Gasteiger partial charge in [0.05, 0.1) is 21.0 Å². The van der Waals surface area contributed by atoms with Gasteiger partial charge in [-0.05, 0) is 59.1 Å². The van der Waals surface area contributed by atoms with Crippen molar-refractivity contribution >= 4 is 21.6 Å². The van der Waals surface area contributed by atoms with E-state index in [4.69, 9.17) is 10.00 Å². The van der Waals surface area contributed by atoms with E-state index < -0.39 is 4.92 Å². The molecule has 6 heteroatoms. The van der Waals surface area contributed by atoms with Gasteiger partial charge in [-0.25, -0.2) is 0 Å². The fourth-order valence-corrected chi connectivity index (χ4v) is 2.42. The number of halogens is 1. The van der Waals surface area contributed by atoms with Gasteiger partial charge in [-0.15, -0.1) is 0 Å². The summed E-state index contributed by atoms with van der Waals surface area (Å²) in [7, 11) is 0. The van der Waals surface area contributed by atoms with Crippen LogP contribution in [0.25, 0.3) is 0 Å². The second kappa shape index (κ2) is 5.94. The van der Waals surface area contributed by atoms with Gasteiger partial charge in [0.2, 0.25) is 5.75 Å². The Kier molecular flexibility index (Phi) is 4.24. The van der Waals surface area contributed by atoms with Gasteiger partial charge in [-0.2, -0.15) is 5.26 Å². The first-order valence-electron chi connectivity index (χ1n) is 6.05. The molecule has 0 saturated carbocycles. The number of hydrogen-bond donors (Lipinski definition) is 0. The Morgan fingerprint density at radius 3 is 2.57 bits per heavy atom. The molecule has 106 valence electrons. The summed E-state index contributed by atoms with van der Waals surface area (Å²) in [5, 5.41) is 20.0. The largest absolute Gasteiger partial charge is 0.449 e. The fourth-order valence-electron chi connectivity index (χ4n) is 1.96. The number of benzene rings is 2. The van der Waals surface area contributed by atoms with E-state index in [2.05, 4.69) is 15.9 Å². The zero-order chi connectivity index (χ0) is 15.6. The van der Waals surface area contributed by atoms with Crippen LogP contribution in [0.4, 0.5) is 5.69 Å². The maximum atomic E-state index is 11.2. The zero-order valence-electron chi connectivity index (χ0n) is 11.4. The van der Waals surface area contributed by atoms with Crippen molar-refractivity contribution in [2.45, 2.75) is 13.8 Å². The predicted molar refractivity (Wildman–Crippen MR) is 81.5 cm³/mol. The first kappa shape index (κ1) is 15.0. The summed E-state index contributed by atoms with van der Waals surface area (Å²) in [6.07, 6.45) is 0. The third kappa shape index (κ3) is 3.20. The molecule has 0 fully saturated rings. The molecule has 0 heterocycles. The van der Waals surface area contributed by atoms with Gasteiger partial charge in [0.15, 0.2) is 0 Å². The van der Waals surface area contributed by atoms with Gasteiger partial charge < -0.3 is 4.74 Å². The Labute approximate surface area is 130 Å². The zero-order valence-corrected chi connectivity index (χ0v) is 13.0. The number of rotatable bonds is 3. The van der Waals surface area contributed by atoms with E-state index in [0.717, 1.165) is 5.56 Å². The van der Waals surface area contributed by atoms with E-state index in [0.29, 0.717) is 21.3 Å². The Morgan fingerprint density at radius 2 is 2.00 bits per heavy atom. The molecule has 0 spiro atoms. The summed E-state index contributed by atoms with van der Waals surface area (Å²) < 4.78 is 6.25. The molecular weight excluding hydrogens is 336 g/mol. The van der Waals surface area contributed by atoms with E-state index in [-0.39, 0.29) is 11.4 Å². The van der Waals surface area contributed by atoms with Gasteiger partial charge in [0.25, 0.3) is 0 Å². The van der Waals surface area contributed by atoms with Crippen LogP contribution >= 0.6 is 15.9 Å². The molecule has 0 aliphatic rings. The molecule has 0 N–H and O–H groups in total. The predicted octanol–water partition coefficient (Wildman–Crippen LogP) is 4.64. The monoisotopic (exact) mass is 346 g/mol. The topological polar surface area (TPSA) is 76.2 Å². The Bertz CT molecular complexity index is 766. The van der Waals surface area contributed by atoms with Crippen LogP contribution in [0, 0.1) is 35.3 Å². The van der Waals surface area contributed by atoms with Crippen LogP contribution in [0.5, 0.6) is 11.5 Å². The van der Waals surface area contributed by atoms with E-state index in [9.17, 15) is 10.1 Å². The number of nitriles is 1. The fraction of sp³-hybridized carbons (Fsp3) is 0.133. The molecule has 0 unspecified atom stereocenters. The maximum Gasteiger partial charge on any atom is 0.312 e. The van der Waals surface area contributed by atoms with Gasteiger partial charge in [-0.1, -0.05) is 6.07 Å². The minimum Gasteiger partial charge on any atom is -0.449 e. The molecule has 0 aromatic heterocycles. The Morgan fingerprint density at radius 1 is 1.29 bits per heavy atom. The molecule has 0 aliphatic heterocycles. The van der Waals surface area contributed by atoms with Crippen molar-refractivity contribution in [1.82, 2.24) is 0 Å². The summed E-state index contributed by atoms with van der Waals surface area (Å²) >= 11 is 3.30. The molecule has 0 saturated heterocycles. The van der Waals surface area contributed by atoms with E-state index in [1.165, 1.54) is 6.07 Å². The molecule has 2 aromatic rings. The highest BCUT2D eigenvalue weighted by atomic mass is 79.9. The van der Waals surface area contributed by atoms with Gasteiger partial charge in [0.1, 0.15) is 5.75 Å². The lowest BCUT2D eigenvalue weighted by atomic mass is 10.1. The van der Waals surface area contributed by atoms with Crippen LogP contribution in [-0.2, 0) is 0 Å². The number of hydrogen-bond acceptors (Lipinski definition) is 4. The Balaban J connectivity index is 2.49. The number of aryl methyl sites for hydroxylation is 2. The highest BCUT2D eigenvalue weighted by Gasteiger charge is 2.20. The second-order valence-corrected chi connectivity index (χ2v) is 5.40. The van der Waals surface area contributed by atoms with Crippen LogP contribution < -0.4 is 4.74 Å². The highest BCUT2D eigenvalue weighted by Crippen LogP contribution is 2.38. The summed E-state index contributed by atoms with van der Waals surface area (Å²) in [6, 6.07) is 10.1.